The van der Waals surface area contributed by atoms with Crippen LogP contribution < -0.4 is 5.32 Å². The Balaban J connectivity index is 1.54. The predicted molar refractivity (Wildman–Crippen MR) is 73.6 cm³/mol. The number of hydrogen-bond donors (Lipinski definition) is 1. The lowest BCUT2D eigenvalue weighted by Gasteiger charge is -2.41. The molecule has 1 unspecified atom stereocenters. The Morgan fingerprint density at radius 2 is 2.42 bits per heavy atom. The molecule has 19 heavy (non-hydrogen) atoms. The lowest BCUT2D eigenvalue weighted by molar-refractivity contribution is -0.126. The van der Waals surface area contributed by atoms with E-state index < -0.39 is 0 Å². The molecule has 0 radical (unpaired) electrons. The Morgan fingerprint density at radius 3 is 3.11 bits per heavy atom. The first kappa shape index (κ1) is 12.7. The van der Waals surface area contributed by atoms with Crippen molar-refractivity contribution >= 4 is 5.91 Å². The minimum Gasteiger partial charge on any atom is -0.355 e. The molecular weight excluding hydrogens is 238 g/mol. The minimum absolute atomic E-state index is 0.137. The molecule has 0 bridgehead atoms. The van der Waals surface area contributed by atoms with Gasteiger partial charge in [-0.1, -0.05) is 13.3 Å². The van der Waals surface area contributed by atoms with Gasteiger partial charge in [0.2, 0.25) is 5.91 Å². The van der Waals surface area contributed by atoms with Crippen LogP contribution in [-0.4, -0.2) is 22.0 Å². The Hall–Kier alpha value is -1.32. The van der Waals surface area contributed by atoms with Crippen molar-refractivity contribution in [2.24, 2.45) is 11.3 Å². The van der Waals surface area contributed by atoms with Crippen molar-refractivity contribution in [2.75, 3.05) is 6.54 Å². The number of imidazole rings is 1. The summed E-state index contributed by atoms with van der Waals surface area (Å²) in [4.78, 5) is 16.4. The van der Waals surface area contributed by atoms with E-state index in [0.29, 0.717) is 5.41 Å². The van der Waals surface area contributed by atoms with Crippen LogP contribution >= 0.6 is 0 Å². The van der Waals surface area contributed by atoms with E-state index >= 15 is 0 Å². The average molecular weight is 261 g/mol. The van der Waals surface area contributed by atoms with E-state index in [2.05, 4.69) is 21.8 Å². The Labute approximate surface area is 114 Å². The summed E-state index contributed by atoms with van der Waals surface area (Å²) in [6.45, 7) is 4.04. The maximum atomic E-state index is 12.3. The zero-order valence-corrected chi connectivity index (χ0v) is 11.7. The summed E-state index contributed by atoms with van der Waals surface area (Å²) < 4.78 is 2.16. The van der Waals surface area contributed by atoms with Crippen LogP contribution in [0, 0.1) is 11.3 Å². The molecule has 1 fully saturated rings. The van der Waals surface area contributed by atoms with Gasteiger partial charge in [0.15, 0.2) is 0 Å². The van der Waals surface area contributed by atoms with Gasteiger partial charge in [-0.15, -0.1) is 0 Å². The molecule has 1 atom stereocenters. The SMILES string of the molecule is CCC1(CNC(=O)C2CCn3cncc3C2)CCC1. The summed E-state index contributed by atoms with van der Waals surface area (Å²) in [6, 6.07) is 0. The topological polar surface area (TPSA) is 46.9 Å². The summed E-state index contributed by atoms with van der Waals surface area (Å²) in [5, 5.41) is 3.20. The standard InChI is InChI=1S/C15H23N3O/c1-2-15(5-3-6-15)10-17-14(19)12-4-7-18-11-16-9-13(18)8-12/h9,11-12H,2-8,10H2,1H3,(H,17,19). The molecule has 4 nitrogen and oxygen atoms in total. The average Bonchev–Trinajstić information content (AvgIpc) is 2.84. The number of nitrogens with zero attached hydrogens (tertiary/aromatic N) is 2. The highest BCUT2D eigenvalue weighted by atomic mass is 16.1. The van der Waals surface area contributed by atoms with Gasteiger partial charge in [0.1, 0.15) is 0 Å². The summed E-state index contributed by atoms with van der Waals surface area (Å²) in [5.41, 5.74) is 1.60. The predicted octanol–water partition coefficient (Wildman–Crippen LogP) is 2.14. The molecule has 104 valence electrons. The zero-order chi connectivity index (χ0) is 13.3. The molecule has 1 aliphatic heterocycles. The highest BCUT2D eigenvalue weighted by Gasteiger charge is 2.36. The van der Waals surface area contributed by atoms with Crippen molar-refractivity contribution in [1.82, 2.24) is 14.9 Å². The van der Waals surface area contributed by atoms with E-state index in [-0.39, 0.29) is 11.8 Å². The molecule has 4 heteroatoms. The Kier molecular flexibility index (Phi) is 3.33. The van der Waals surface area contributed by atoms with Crippen molar-refractivity contribution in [3.8, 4) is 0 Å². The molecule has 1 aromatic rings. The van der Waals surface area contributed by atoms with Gasteiger partial charge in [0, 0.05) is 37.3 Å². The van der Waals surface area contributed by atoms with Crippen LogP contribution in [0.5, 0.6) is 0 Å². The van der Waals surface area contributed by atoms with Gasteiger partial charge in [-0.25, -0.2) is 4.98 Å². The number of aryl methyl sites for hydroxylation is 1. The number of amides is 1. The van der Waals surface area contributed by atoms with Gasteiger partial charge in [-0.05, 0) is 31.1 Å². The van der Waals surface area contributed by atoms with Crippen molar-refractivity contribution in [3.05, 3.63) is 18.2 Å². The first-order valence-corrected chi connectivity index (χ1v) is 7.49. The lowest BCUT2D eigenvalue weighted by atomic mass is 9.67. The molecule has 2 aliphatic rings. The molecule has 0 aromatic carbocycles. The fraction of sp³-hybridized carbons (Fsp3) is 0.733. The van der Waals surface area contributed by atoms with Gasteiger partial charge in [0.25, 0.3) is 0 Å². The van der Waals surface area contributed by atoms with Crippen LogP contribution in [0.2, 0.25) is 0 Å². The lowest BCUT2D eigenvalue weighted by Crippen LogP contribution is -2.44. The normalized spacial score (nSPS) is 24.4. The Bertz CT molecular complexity index is 456. The fourth-order valence-electron chi connectivity index (χ4n) is 3.34. The van der Waals surface area contributed by atoms with Crippen molar-refractivity contribution in [1.29, 1.82) is 0 Å². The van der Waals surface area contributed by atoms with Crippen LogP contribution in [0.1, 0.15) is 44.7 Å². The van der Waals surface area contributed by atoms with E-state index in [1.54, 1.807) is 0 Å². The van der Waals surface area contributed by atoms with Gasteiger partial charge in [0.05, 0.1) is 6.33 Å². The van der Waals surface area contributed by atoms with E-state index in [4.69, 9.17) is 0 Å². The summed E-state index contributed by atoms with van der Waals surface area (Å²) in [6.07, 6.45) is 10.6. The largest absolute Gasteiger partial charge is 0.355 e. The zero-order valence-electron chi connectivity index (χ0n) is 11.7. The number of hydrogen-bond acceptors (Lipinski definition) is 2. The molecule has 0 saturated heterocycles. The molecule has 1 aromatic heterocycles. The number of aromatic nitrogens is 2. The highest BCUT2D eigenvalue weighted by Crippen LogP contribution is 2.43. The molecular formula is C15H23N3O. The van der Waals surface area contributed by atoms with E-state index in [0.717, 1.165) is 25.9 Å². The van der Waals surface area contributed by atoms with Crippen LogP contribution in [0.3, 0.4) is 0 Å². The first-order valence-electron chi connectivity index (χ1n) is 7.49. The number of carbonyl (C=O) groups is 1. The van der Waals surface area contributed by atoms with Crippen molar-refractivity contribution in [2.45, 2.75) is 52.0 Å². The van der Waals surface area contributed by atoms with Gasteiger partial charge in [-0.2, -0.15) is 0 Å². The third-order valence-corrected chi connectivity index (χ3v) is 5.15. The second kappa shape index (κ2) is 4.99. The van der Waals surface area contributed by atoms with Crippen LogP contribution in [0.4, 0.5) is 0 Å². The van der Waals surface area contributed by atoms with E-state index in [9.17, 15) is 4.79 Å². The van der Waals surface area contributed by atoms with Crippen LogP contribution in [-0.2, 0) is 17.8 Å². The summed E-state index contributed by atoms with van der Waals surface area (Å²) >= 11 is 0. The molecule has 2 heterocycles. The van der Waals surface area contributed by atoms with E-state index in [1.807, 2.05) is 12.5 Å². The molecule has 3 rings (SSSR count). The van der Waals surface area contributed by atoms with Gasteiger partial charge >= 0.3 is 0 Å². The van der Waals surface area contributed by atoms with Gasteiger partial charge < -0.3 is 9.88 Å². The maximum Gasteiger partial charge on any atom is 0.223 e. The van der Waals surface area contributed by atoms with Crippen LogP contribution in [0.15, 0.2) is 12.5 Å². The third kappa shape index (κ3) is 2.40. The second-order valence-electron chi connectivity index (χ2n) is 6.19. The van der Waals surface area contributed by atoms with Crippen LogP contribution in [0.25, 0.3) is 0 Å². The number of carbonyl (C=O) groups excluding carboxylic acids is 1. The quantitative estimate of drug-likeness (QED) is 0.902. The molecule has 0 spiro atoms. The summed E-state index contributed by atoms with van der Waals surface area (Å²) in [5.74, 6) is 0.380. The van der Waals surface area contributed by atoms with Crippen molar-refractivity contribution in [3.63, 3.8) is 0 Å². The summed E-state index contributed by atoms with van der Waals surface area (Å²) in [7, 11) is 0. The first-order chi connectivity index (χ1) is 9.22. The molecule has 1 amide bonds. The number of nitrogens with one attached hydrogen (secondary N) is 1. The maximum absolute atomic E-state index is 12.3. The third-order valence-electron chi connectivity index (χ3n) is 5.15. The molecule has 1 aliphatic carbocycles. The fourth-order valence-corrected chi connectivity index (χ4v) is 3.34. The number of fused-ring (bicyclic) bond motifs is 1. The van der Waals surface area contributed by atoms with E-state index in [1.165, 1.54) is 31.4 Å². The smallest absolute Gasteiger partial charge is 0.223 e. The minimum atomic E-state index is 0.137. The second-order valence-corrected chi connectivity index (χ2v) is 6.19. The monoisotopic (exact) mass is 261 g/mol. The highest BCUT2D eigenvalue weighted by molar-refractivity contribution is 5.79. The molecule has 1 N–H and O–H groups in total. The van der Waals surface area contributed by atoms with Crippen molar-refractivity contribution < 1.29 is 4.79 Å². The van der Waals surface area contributed by atoms with Gasteiger partial charge in [-0.3, -0.25) is 4.79 Å². The Morgan fingerprint density at radius 1 is 1.58 bits per heavy atom. The number of rotatable bonds is 4. The molecule has 1 saturated carbocycles.